The molecule has 0 aliphatic heterocycles. The summed E-state index contributed by atoms with van der Waals surface area (Å²) < 4.78 is 24.3. The van der Waals surface area contributed by atoms with Crippen LogP contribution in [0.3, 0.4) is 0 Å². The fourth-order valence-corrected chi connectivity index (χ4v) is 2.68. The first-order valence-corrected chi connectivity index (χ1v) is 6.62. The van der Waals surface area contributed by atoms with Crippen molar-refractivity contribution in [3.05, 3.63) is 28.1 Å². The Morgan fingerprint density at radius 1 is 1.43 bits per heavy atom. The fourth-order valence-electron chi connectivity index (χ4n) is 2.68. The van der Waals surface area contributed by atoms with Gasteiger partial charge in [-0.2, -0.15) is 0 Å². The minimum Gasteiger partial charge on any atom is -0.490 e. The summed E-state index contributed by atoms with van der Waals surface area (Å²) in [5.74, 6) is -0.636. The molecule has 2 atom stereocenters. The lowest BCUT2D eigenvalue weighted by Crippen LogP contribution is -2.57. The zero-order chi connectivity index (χ0) is 15.8. The zero-order valence-electron chi connectivity index (χ0n) is 12.5. The number of rotatable bonds is 5. The van der Waals surface area contributed by atoms with E-state index in [4.69, 9.17) is 9.47 Å². The highest BCUT2D eigenvalue weighted by Crippen LogP contribution is 2.45. The van der Waals surface area contributed by atoms with Gasteiger partial charge < -0.3 is 14.8 Å². The van der Waals surface area contributed by atoms with Crippen LogP contribution in [0, 0.1) is 21.3 Å². The van der Waals surface area contributed by atoms with Crippen LogP contribution in [0.2, 0.25) is 0 Å². The summed E-state index contributed by atoms with van der Waals surface area (Å²) in [6, 6.07) is 2.23. The SMILES string of the molecule is COc1cc(NC2CC(OC)C2(C)C)c(F)cc1[N+](=O)[O-]. The van der Waals surface area contributed by atoms with E-state index in [1.54, 1.807) is 7.11 Å². The minimum absolute atomic E-state index is 0.0307. The highest BCUT2D eigenvalue weighted by Gasteiger charge is 2.48. The van der Waals surface area contributed by atoms with Crippen molar-refractivity contribution >= 4 is 11.4 Å². The molecule has 1 aromatic carbocycles. The molecule has 0 bridgehead atoms. The standard InChI is InChI=1S/C14H19FN2O4/c1-14(2)12(7-13(14)21-4)16-9-6-11(20-3)10(17(18)19)5-8(9)15/h5-6,12-13,16H,7H2,1-4H3. The highest BCUT2D eigenvalue weighted by atomic mass is 19.1. The van der Waals surface area contributed by atoms with Crippen LogP contribution >= 0.6 is 0 Å². The molecule has 1 N–H and O–H groups in total. The molecule has 2 unspecified atom stereocenters. The summed E-state index contributed by atoms with van der Waals surface area (Å²) in [4.78, 5) is 10.2. The van der Waals surface area contributed by atoms with E-state index in [1.165, 1.54) is 13.2 Å². The molecule has 1 fully saturated rings. The Hall–Kier alpha value is -1.89. The minimum atomic E-state index is -0.667. The maximum atomic E-state index is 14.0. The Kier molecular flexibility index (Phi) is 4.04. The molecule has 0 aromatic heterocycles. The van der Waals surface area contributed by atoms with Crippen molar-refractivity contribution in [2.45, 2.75) is 32.4 Å². The largest absolute Gasteiger partial charge is 0.490 e. The maximum absolute atomic E-state index is 14.0. The van der Waals surface area contributed by atoms with Crippen molar-refractivity contribution in [2.75, 3.05) is 19.5 Å². The zero-order valence-corrected chi connectivity index (χ0v) is 12.5. The van der Waals surface area contributed by atoms with Gasteiger partial charge in [0.25, 0.3) is 0 Å². The van der Waals surface area contributed by atoms with Crippen LogP contribution in [0.5, 0.6) is 5.75 Å². The average molecular weight is 298 g/mol. The number of nitro groups is 1. The first kappa shape index (κ1) is 15.5. The van der Waals surface area contributed by atoms with Crippen LogP contribution in [0.1, 0.15) is 20.3 Å². The van der Waals surface area contributed by atoms with Crippen molar-refractivity contribution in [2.24, 2.45) is 5.41 Å². The highest BCUT2D eigenvalue weighted by molar-refractivity contribution is 5.59. The van der Waals surface area contributed by atoms with Crippen LogP contribution in [-0.2, 0) is 4.74 Å². The number of nitrogens with zero attached hydrogens (tertiary/aromatic N) is 1. The fraction of sp³-hybridized carbons (Fsp3) is 0.571. The van der Waals surface area contributed by atoms with Gasteiger partial charge in [-0.25, -0.2) is 4.39 Å². The van der Waals surface area contributed by atoms with E-state index in [9.17, 15) is 14.5 Å². The maximum Gasteiger partial charge on any atom is 0.313 e. The third-order valence-electron chi connectivity index (χ3n) is 4.26. The van der Waals surface area contributed by atoms with Crippen LogP contribution in [-0.4, -0.2) is 31.3 Å². The van der Waals surface area contributed by atoms with Crippen LogP contribution < -0.4 is 10.1 Å². The third-order valence-corrected chi connectivity index (χ3v) is 4.26. The van der Waals surface area contributed by atoms with Gasteiger partial charge in [0.1, 0.15) is 0 Å². The Bertz CT molecular complexity index is 562. The van der Waals surface area contributed by atoms with Gasteiger partial charge in [-0.1, -0.05) is 13.8 Å². The summed E-state index contributed by atoms with van der Waals surface area (Å²) in [6.07, 6.45) is 0.861. The smallest absolute Gasteiger partial charge is 0.313 e. The van der Waals surface area contributed by atoms with Crippen molar-refractivity contribution in [1.82, 2.24) is 0 Å². The number of benzene rings is 1. The van der Waals surface area contributed by atoms with Gasteiger partial charge in [-0.05, 0) is 6.42 Å². The number of hydrogen-bond donors (Lipinski definition) is 1. The van der Waals surface area contributed by atoms with Crippen molar-refractivity contribution in [1.29, 1.82) is 0 Å². The van der Waals surface area contributed by atoms with Gasteiger partial charge in [0, 0.05) is 24.6 Å². The second-order valence-electron chi connectivity index (χ2n) is 5.74. The predicted octanol–water partition coefficient (Wildman–Crippen LogP) is 2.97. The number of halogens is 1. The van der Waals surface area contributed by atoms with Gasteiger partial charge in [0.2, 0.25) is 0 Å². The number of anilines is 1. The summed E-state index contributed by atoms with van der Waals surface area (Å²) >= 11 is 0. The molecule has 0 amide bonds. The molecule has 1 aliphatic rings. The van der Waals surface area contributed by atoms with Crippen LogP contribution in [0.15, 0.2) is 12.1 Å². The lowest BCUT2D eigenvalue weighted by molar-refractivity contribution is -0.385. The number of nitrogens with one attached hydrogen (secondary N) is 1. The summed E-state index contributed by atoms with van der Waals surface area (Å²) in [5.41, 5.74) is -0.329. The van der Waals surface area contributed by atoms with E-state index < -0.39 is 10.7 Å². The molecule has 2 rings (SSSR count). The van der Waals surface area contributed by atoms with E-state index in [-0.39, 0.29) is 34.7 Å². The Labute approximate surface area is 122 Å². The second kappa shape index (κ2) is 5.48. The quantitative estimate of drug-likeness (QED) is 0.668. The molecule has 1 aromatic rings. The van der Waals surface area contributed by atoms with E-state index in [0.29, 0.717) is 0 Å². The number of methoxy groups -OCH3 is 2. The lowest BCUT2D eigenvalue weighted by Gasteiger charge is -2.51. The molecule has 0 radical (unpaired) electrons. The second-order valence-corrected chi connectivity index (χ2v) is 5.74. The molecule has 0 heterocycles. The van der Waals surface area contributed by atoms with E-state index in [2.05, 4.69) is 5.32 Å². The normalized spacial score (nSPS) is 23.3. The average Bonchev–Trinajstić information content (AvgIpc) is 2.43. The summed E-state index contributed by atoms with van der Waals surface area (Å²) in [5, 5.41) is 13.9. The van der Waals surface area contributed by atoms with Gasteiger partial charge in [0.05, 0.1) is 29.9 Å². The van der Waals surface area contributed by atoms with E-state index in [0.717, 1.165) is 12.5 Å². The number of hydrogen-bond acceptors (Lipinski definition) is 5. The molecule has 0 saturated heterocycles. The Morgan fingerprint density at radius 2 is 2.10 bits per heavy atom. The molecular formula is C14H19FN2O4. The molecule has 7 heteroatoms. The van der Waals surface area contributed by atoms with Gasteiger partial charge in [-0.15, -0.1) is 0 Å². The van der Waals surface area contributed by atoms with Gasteiger partial charge >= 0.3 is 5.69 Å². The summed E-state index contributed by atoms with van der Waals surface area (Å²) in [7, 11) is 2.97. The summed E-state index contributed by atoms with van der Waals surface area (Å²) in [6.45, 7) is 4.06. The van der Waals surface area contributed by atoms with Crippen LogP contribution in [0.4, 0.5) is 15.8 Å². The molecule has 0 spiro atoms. The molecule has 1 saturated carbocycles. The van der Waals surface area contributed by atoms with Crippen molar-refractivity contribution in [3.63, 3.8) is 0 Å². The molecule has 21 heavy (non-hydrogen) atoms. The van der Waals surface area contributed by atoms with Crippen molar-refractivity contribution in [3.8, 4) is 5.75 Å². The first-order valence-electron chi connectivity index (χ1n) is 6.62. The Morgan fingerprint density at radius 3 is 2.57 bits per heavy atom. The van der Waals surface area contributed by atoms with Crippen molar-refractivity contribution < 1.29 is 18.8 Å². The monoisotopic (exact) mass is 298 g/mol. The molecular weight excluding hydrogens is 279 g/mol. The van der Waals surface area contributed by atoms with E-state index in [1.807, 2.05) is 13.8 Å². The number of nitro benzene ring substituents is 1. The van der Waals surface area contributed by atoms with Gasteiger partial charge in [0.15, 0.2) is 11.6 Å². The van der Waals surface area contributed by atoms with Crippen LogP contribution in [0.25, 0.3) is 0 Å². The molecule has 116 valence electrons. The predicted molar refractivity (Wildman–Crippen MR) is 76.2 cm³/mol. The number of ether oxygens (including phenoxy) is 2. The van der Waals surface area contributed by atoms with Gasteiger partial charge in [-0.3, -0.25) is 10.1 Å². The van der Waals surface area contributed by atoms with E-state index >= 15 is 0 Å². The third kappa shape index (κ3) is 2.65. The Balaban J connectivity index is 2.24. The topological polar surface area (TPSA) is 73.6 Å². The molecule has 6 nitrogen and oxygen atoms in total. The lowest BCUT2D eigenvalue weighted by atomic mass is 9.64. The first-order chi connectivity index (χ1) is 9.81. The molecule has 1 aliphatic carbocycles.